The number of aromatic nitrogens is 5. The van der Waals surface area contributed by atoms with E-state index in [0.717, 1.165) is 11.4 Å². The Morgan fingerprint density at radius 1 is 1.14 bits per heavy atom. The van der Waals surface area contributed by atoms with Crippen molar-refractivity contribution in [2.45, 2.75) is 23.9 Å². The van der Waals surface area contributed by atoms with Crippen LogP contribution in [0.4, 0.5) is 5.95 Å². The van der Waals surface area contributed by atoms with Gasteiger partial charge in [0.2, 0.25) is 5.95 Å². The van der Waals surface area contributed by atoms with Crippen LogP contribution < -0.4 is 5.32 Å². The molecular weight excluding hydrogens is 378 g/mol. The van der Waals surface area contributed by atoms with Gasteiger partial charge in [-0.05, 0) is 12.5 Å². The van der Waals surface area contributed by atoms with Crippen molar-refractivity contribution in [3.8, 4) is 0 Å². The molecule has 1 aromatic carbocycles. The number of anilines is 1. The van der Waals surface area contributed by atoms with Crippen LogP contribution >= 0.6 is 0 Å². The number of imidazole rings is 1. The lowest BCUT2D eigenvalue weighted by Crippen LogP contribution is -2.32. The van der Waals surface area contributed by atoms with Crippen LogP contribution in [0.2, 0.25) is 0 Å². The lowest BCUT2D eigenvalue weighted by Gasteiger charge is -2.19. The summed E-state index contributed by atoms with van der Waals surface area (Å²) in [7, 11) is -0.0913. The molecule has 10 heteroatoms. The molecule has 2 unspecified atom stereocenters. The van der Waals surface area contributed by atoms with Crippen molar-refractivity contribution in [3.63, 3.8) is 0 Å². The van der Waals surface area contributed by atoms with Gasteiger partial charge < -0.3 is 9.88 Å². The van der Waals surface area contributed by atoms with Crippen molar-refractivity contribution < 1.29 is 8.42 Å². The molecule has 3 aromatic rings. The van der Waals surface area contributed by atoms with Gasteiger partial charge in [0.05, 0.1) is 12.4 Å². The van der Waals surface area contributed by atoms with E-state index in [9.17, 15) is 8.42 Å². The third kappa shape index (κ3) is 3.40. The normalized spacial score (nSPS) is 20.5. The minimum Gasteiger partial charge on any atom is -0.348 e. The zero-order valence-corrected chi connectivity index (χ0v) is 16.8. The van der Waals surface area contributed by atoms with Gasteiger partial charge in [-0.2, -0.15) is 9.29 Å². The van der Waals surface area contributed by atoms with Crippen molar-refractivity contribution >= 4 is 16.0 Å². The maximum Gasteiger partial charge on any atom is 0.262 e. The highest BCUT2D eigenvalue weighted by Crippen LogP contribution is 2.32. The SMILES string of the molecule is Cc1nc(NC2CN(S(=O)(=O)c3cn(C)cn3)CC2c2ccccc2)nn1C. The van der Waals surface area contributed by atoms with Gasteiger partial charge in [0.25, 0.3) is 10.0 Å². The van der Waals surface area contributed by atoms with Gasteiger partial charge in [0.15, 0.2) is 5.03 Å². The summed E-state index contributed by atoms with van der Waals surface area (Å²) >= 11 is 0. The van der Waals surface area contributed by atoms with Crippen LogP contribution in [0, 0.1) is 6.92 Å². The van der Waals surface area contributed by atoms with Crippen molar-refractivity contribution in [2.24, 2.45) is 14.1 Å². The third-order valence-electron chi connectivity index (χ3n) is 5.09. The summed E-state index contributed by atoms with van der Waals surface area (Å²) < 4.78 is 30.9. The largest absolute Gasteiger partial charge is 0.348 e. The summed E-state index contributed by atoms with van der Waals surface area (Å²) in [5.74, 6) is 1.27. The van der Waals surface area contributed by atoms with Gasteiger partial charge >= 0.3 is 0 Å². The Kier molecular flexibility index (Phi) is 4.68. The van der Waals surface area contributed by atoms with Crippen molar-refractivity contribution in [1.82, 2.24) is 28.6 Å². The van der Waals surface area contributed by atoms with E-state index in [0.29, 0.717) is 19.0 Å². The second kappa shape index (κ2) is 7.02. The van der Waals surface area contributed by atoms with E-state index < -0.39 is 10.0 Å². The summed E-state index contributed by atoms with van der Waals surface area (Å²) in [5.41, 5.74) is 1.08. The lowest BCUT2D eigenvalue weighted by atomic mass is 9.94. The van der Waals surface area contributed by atoms with Crippen LogP contribution in [-0.2, 0) is 24.1 Å². The average molecular weight is 401 g/mol. The molecule has 28 heavy (non-hydrogen) atoms. The summed E-state index contributed by atoms with van der Waals surface area (Å²) in [6.07, 6.45) is 3.02. The molecule has 2 aromatic heterocycles. The van der Waals surface area contributed by atoms with E-state index >= 15 is 0 Å². The maximum absolute atomic E-state index is 13.1. The summed E-state index contributed by atoms with van der Waals surface area (Å²) in [5, 5.41) is 7.76. The molecule has 1 fully saturated rings. The highest BCUT2D eigenvalue weighted by atomic mass is 32.2. The second-order valence-electron chi connectivity index (χ2n) is 7.07. The van der Waals surface area contributed by atoms with E-state index in [-0.39, 0.29) is 17.0 Å². The summed E-state index contributed by atoms with van der Waals surface area (Å²) in [4.78, 5) is 8.45. The topological polar surface area (TPSA) is 97.9 Å². The van der Waals surface area contributed by atoms with E-state index in [4.69, 9.17) is 0 Å². The second-order valence-corrected chi connectivity index (χ2v) is 8.96. The molecule has 4 rings (SSSR count). The molecule has 9 nitrogen and oxygen atoms in total. The number of nitrogens with zero attached hydrogens (tertiary/aromatic N) is 6. The van der Waals surface area contributed by atoms with Crippen molar-refractivity contribution in [2.75, 3.05) is 18.4 Å². The fourth-order valence-electron chi connectivity index (χ4n) is 3.49. The molecule has 1 aliphatic rings. The zero-order valence-electron chi connectivity index (χ0n) is 16.0. The molecule has 1 aliphatic heterocycles. The third-order valence-corrected chi connectivity index (χ3v) is 6.81. The van der Waals surface area contributed by atoms with Crippen LogP contribution in [0.1, 0.15) is 17.3 Å². The van der Waals surface area contributed by atoms with Gasteiger partial charge in [-0.1, -0.05) is 30.3 Å². The Hall–Kier alpha value is -2.72. The Morgan fingerprint density at radius 2 is 1.89 bits per heavy atom. The highest BCUT2D eigenvalue weighted by molar-refractivity contribution is 7.89. The van der Waals surface area contributed by atoms with Gasteiger partial charge in [0, 0.05) is 39.3 Å². The molecule has 0 radical (unpaired) electrons. The smallest absolute Gasteiger partial charge is 0.262 e. The fraction of sp³-hybridized carbons (Fsp3) is 0.389. The molecule has 0 spiro atoms. The molecular formula is C18H23N7O2S. The first-order valence-corrected chi connectivity index (χ1v) is 10.5. The number of sulfonamides is 1. The van der Waals surface area contributed by atoms with E-state index in [1.165, 1.54) is 16.8 Å². The molecule has 1 N–H and O–H groups in total. The molecule has 0 aliphatic carbocycles. The van der Waals surface area contributed by atoms with Gasteiger partial charge in [-0.3, -0.25) is 4.68 Å². The van der Waals surface area contributed by atoms with Crippen molar-refractivity contribution in [1.29, 1.82) is 0 Å². The standard InChI is InChI=1S/C18H23N7O2S/c1-13-20-18(22-24(13)3)21-16-10-25(9-15(16)14-7-5-4-6-8-14)28(26,27)17-11-23(2)12-19-17/h4-8,11-12,15-16H,9-10H2,1-3H3,(H,21,22). The average Bonchev–Trinajstić information content (AvgIpc) is 3.36. The molecule has 1 saturated heterocycles. The number of aryl methyl sites for hydroxylation is 3. The molecule has 148 valence electrons. The van der Waals surface area contributed by atoms with Gasteiger partial charge in [0.1, 0.15) is 5.82 Å². The zero-order chi connectivity index (χ0) is 19.9. The summed E-state index contributed by atoms with van der Waals surface area (Å²) in [6, 6.07) is 9.77. The first-order valence-electron chi connectivity index (χ1n) is 9.02. The van der Waals surface area contributed by atoms with Gasteiger partial charge in [-0.25, -0.2) is 13.4 Å². The molecule has 0 amide bonds. The predicted molar refractivity (Wildman–Crippen MR) is 104 cm³/mol. The summed E-state index contributed by atoms with van der Waals surface area (Å²) in [6.45, 7) is 2.56. The van der Waals surface area contributed by atoms with Crippen LogP contribution in [0.3, 0.4) is 0 Å². The van der Waals surface area contributed by atoms with Gasteiger partial charge in [-0.15, -0.1) is 5.10 Å². The first kappa shape index (κ1) is 18.6. The lowest BCUT2D eigenvalue weighted by molar-refractivity contribution is 0.468. The maximum atomic E-state index is 13.1. The number of rotatable bonds is 5. The van der Waals surface area contributed by atoms with E-state index in [1.807, 2.05) is 44.3 Å². The van der Waals surface area contributed by atoms with Crippen LogP contribution in [0.5, 0.6) is 0 Å². The predicted octanol–water partition coefficient (Wildman–Crippen LogP) is 1.13. The Labute approximate surface area is 164 Å². The van der Waals surface area contributed by atoms with E-state index in [1.54, 1.807) is 16.3 Å². The van der Waals surface area contributed by atoms with Crippen molar-refractivity contribution in [3.05, 3.63) is 54.2 Å². The van der Waals surface area contributed by atoms with Crippen LogP contribution in [0.15, 0.2) is 47.9 Å². The number of hydrogen-bond acceptors (Lipinski definition) is 6. The number of benzene rings is 1. The highest BCUT2D eigenvalue weighted by Gasteiger charge is 2.41. The number of hydrogen-bond donors (Lipinski definition) is 1. The molecule has 0 bridgehead atoms. The van der Waals surface area contributed by atoms with Crippen LogP contribution in [-0.4, -0.2) is 56.2 Å². The fourth-order valence-corrected chi connectivity index (χ4v) is 4.95. The van der Waals surface area contributed by atoms with E-state index in [2.05, 4.69) is 20.4 Å². The Balaban J connectivity index is 1.65. The minimum absolute atomic E-state index is 0.0243. The molecule has 2 atom stereocenters. The first-order chi connectivity index (χ1) is 13.3. The minimum atomic E-state index is -3.67. The Morgan fingerprint density at radius 3 is 2.50 bits per heavy atom. The number of nitrogens with one attached hydrogen (secondary N) is 1. The quantitative estimate of drug-likeness (QED) is 0.688. The van der Waals surface area contributed by atoms with Crippen LogP contribution in [0.25, 0.3) is 0 Å². The monoisotopic (exact) mass is 401 g/mol. The molecule has 3 heterocycles. The molecule has 0 saturated carbocycles. The Bertz CT molecular complexity index is 1060.